The molecule has 0 radical (unpaired) electrons. The average Bonchev–Trinajstić information content (AvgIpc) is 1.80. The number of hydrazine groups is 1. The van der Waals surface area contributed by atoms with Crippen molar-refractivity contribution in [2.45, 2.75) is 17.9 Å². The molecule has 1 aliphatic heterocycles. The number of nitrogens with zero attached hydrogens (tertiary/aromatic N) is 1. The third-order valence-corrected chi connectivity index (χ3v) is 1.63. The molecule has 3 N–H and O–H groups in total. The van der Waals surface area contributed by atoms with E-state index in [0.717, 1.165) is 0 Å². The van der Waals surface area contributed by atoms with Gasteiger partial charge in [-0.1, -0.05) is 0 Å². The molecule has 7 heteroatoms. The Morgan fingerprint density at radius 3 is 1.83 bits per heavy atom. The van der Waals surface area contributed by atoms with Crippen LogP contribution in [0.15, 0.2) is 0 Å². The van der Waals surface area contributed by atoms with Crippen molar-refractivity contribution in [3.05, 3.63) is 0 Å². The van der Waals surface area contributed by atoms with Crippen LogP contribution in [-0.2, 0) is 0 Å². The van der Waals surface area contributed by atoms with Gasteiger partial charge in [0, 0.05) is 0 Å². The molecule has 0 aliphatic carbocycles. The van der Waals surface area contributed by atoms with Gasteiger partial charge in [0.05, 0.1) is 13.1 Å². The van der Waals surface area contributed by atoms with Gasteiger partial charge in [0.15, 0.2) is 6.10 Å². The van der Waals surface area contributed by atoms with Gasteiger partial charge in [-0.25, -0.2) is 22.6 Å². The molecule has 0 saturated carbocycles. The zero-order valence-electron chi connectivity index (χ0n) is 5.98. The number of aliphatic hydroxyl groups is 1. The standard InChI is InChI=1S/C5H8F4N2O/c6-4(7)1-11(10)2-5(8,9)3(4)12/h3,12H,1-2,10H2. The zero-order valence-corrected chi connectivity index (χ0v) is 5.98. The first kappa shape index (κ1) is 9.69. The van der Waals surface area contributed by atoms with E-state index in [-0.39, 0.29) is 0 Å². The van der Waals surface area contributed by atoms with Crippen LogP contribution in [0.1, 0.15) is 0 Å². The summed E-state index contributed by atoms with van der Waals surface area (Å²) in [5.74, 6) is -2.89. The highest BCUT2D eigenvalue weighted by molar-refractivity contribution is 4.95. The van der Waals surface area contributed by atoms with Crippen molar-refractivity contribution in [2.24, 2.45) is 5.84 Å². The second kappa shape index (κ2) is 2.54. The fourth-order valence-electron chi connectivity index (χ4n) is 1.08. The number of halogens is 4. The van der Waals surface area contributed by atoms with Gasteiger partial charge >= 0.3 is 0 Å². The normalized spacial score (nSPS) is 30.5. The summed E-state index contributed by atoms with van der Waals surface area (Å²) >= 11 is 0. The first-order valence-electron chi connectivity index (χ1n) is 3.19. The first-order chi connectivity index (χ1) is 5.26. The topological polar surface area (TPSA) is 49.5 Å². The van der Waals surface area contributed by atoms with Crippen LogP contribution in [0.5, 0.6) is 0 Å². The van der Waals surface area contributed by atoms with E-state index in [1.807, 2.05) is 0 Å². The summed E-state index contributed by atoms with van der Waals surface area (Å²) in [7, 11) is 0. The minimum atomic E-state index is -3.85. The van der Waals surface area contributed by atoms with Crippen LogP contribution in [0, 0.1) is 0 Å². The van der Waals surface area contributed by atoms with Crippen LogP contribution >= 0.6 is 0 Å². The van der Waals surface area contributed by atoms with Crippen molar-refractivity contribution >= 4 is 0 Å². The smallest absolute Gasteiger partial charge is 0.293 e. The second-order valence-electron chi connectivity index (χ2n) is 2.83. The van der Waals surface area contributed by atoms with Gasteiger partial charge in [-0.05, 0) is 0 Å². The summed E-state index contributed by atoms with van der Waals surface area (Å²) in [4.78, 5) is 0. The maximum atomic E-state index is 12.5. The van der Waals surface area contributed by atoms with Crippen molar-refractivity contribution in [1.29, 1.82) is 0 Å². The Hall–Kier alpha value is -0.400. The molecule has 12 heavy (non-hydrogen) atoms. The molecule has 0 atom stereocenters. The highest BCUT2D eigenvalue weighted by atomic mass is 19.3. The van der Waals surface area contributed by atoms with Gasteiger partial charge in [-0.3, -0.25) is 5.84 Å². The predicted molar refractivity (Wildman–Crippen MR) is 31.7 cm³/mol. The molecule has 1 fully saturated rings. The number of hydrogen-bond acceptors (Lipinski definition) is 3. The van der Waals surface area contributed by atoms with Crippen LogP contribution in [0.25, 0.3) is 0 Å². The fraction of sp³-hybridized carbons (Fsp3) is 1.00. The van der Waals surface area contributed by atoms with Crippen molar-refractivity contribution in [2.75, 3.05) is 13.1 Å². The summed E-state index contributed by atoms with van der Waals surface area (Å²) in [5.41, 5.74) is 0. The summed E-state index contributed by atoms with van der Waals surface area (Å²) in [5, 5.41) is 8.80. The van der Waals surface area contributed by atoms with Crippen LogP contribution in [-0.4, -0.2) is 41.2 Å². The molecule has 3 nitrogen and oxygen atoms in total. The van der Waals surface area contributed by atoms with Gasteiger partial charge in [0.2, 0.25) is 0 Å². The van der Waals surface area contributed by atoms with Crippen molar-refractivity contribution in [3.8, 4) is 0 Å². The average molecular weight is 188 g/mol. The van der Waals surface area contributed by atoms with Crippen molar-refractivity contribution in [3.63, 3.8) is 0 Å². The minimum absolute atomic E-state index is 0.298. The number of hydrogen-bond donors (Lipinski definition) is 2. The Kier molecular flexibility index (Phi) is 2.05. The van der Waals surface area contributed by atoms with E-state index in [2.05, 4.69) is 0 Å². The molecule has 0 aromatic heterocycles. The highest BCUT2D eigenvalue weighted by Gasteiger charge is 2.58. The van der Waals surface area contributed by atoms with Gasteiger partial charge in [0.1, 0.15) is 0 Å². The molecular formula is C5H8F4N2O. The molecule has 0 aromatic carbocycles. The first-order valence-corrected chi connectivity index (χ1v) is 3.19. The third-order valence-electron chi connectivity index (χ3n) is 1.63. The Morgan fingerprint density at radius 2 is 1.50 bits per heavy atom. The van der Waals surface area contributed by atoms with Gasteiger partial charge in [-0.15, -0.1) is 0 Å². The summed E-state index contributed by atoms with van der Waals surface area (Å²) < 4.78 is 50.0. The third kappa shape index (κ3) is 1.52. The van der Waals surface area contributed by atoms with Gasteiger partial charge in [-0.2, -0.15) is 0 Å². The largest absolute Gasteiger partial charge is 0.381 e. The summed E-state index contributed by atoms with van der Waals surface area (Å²) in [6.45, 7) is -2.10. The molecule has 0 amide bonds. The molecular weight excluding hydrogens is 180 g/mol. The Labute approximate surface area is 65.7 Å². The van der Waals surface area contributed by atoms with E-state index in [4.69, 9.17) is 10.9 Å². The lowest BCUT2D eigenvalue weighted by Crippen LogP contribution is -2.64. The maximum absolute atomic E-state index is 12.5. The Morgan fingerprint density at radius 1 is 1.17 bits per heavy atom. The van der Waals surface area contributed by atoms with E-state index >= 15 is 0 Å². The minimum Gasteiger partial charge on any atom is -0.381 e. The van der Waals surface area contributed by atoms with Gasteiger partial charge in [0.25, 0.3) is 11.8 Å². The van der Waals surface area contributed by atoms with E-state index in [1.165, 1.54) is 0 Å². The fourth-order valence-corrected chi connectivity index (χ4v) is 1.08. The molecule has 72 valence electrons. The van der Waals surface area contributed by atoms with Crippen LogP contribution in [0.2, 0.25) is 0 Å². The lowest BCUT2D eigenvalue weighted by Gasteiger charge is -2.38. The van der Waals surface area contributed by atoms with E-state index in [0.29, 0.717) is 5.01 Å². The van der Waals surface area contributed by atoms with Crippen molar-refractivity contribution < 1.29 is 22.7 Å². The molecule has 1 aliphatic rings. The molecule has 0 bridgehead atoms. The second-order valence-corrected chi connectivity index (χ2v) is 2.83. The number of rotatable bonds is 0. The number of aliphatic hydroxyl groups excluding tert-OH is 1. The number of alkyl halides is 4. The lowest BCUT2D eigenvalue weighted by atomic mass is 10.0. The molecule has 1 heterocycles. The Balaban J connectivity index is 2.84. The van der Waals surface area contributed by atoms with E-state index < -0.39 is 31.0 Å². The summed E-state index contributed by atoms with van der Waals surface area (Å²) in [6, 6.07) is 0. The predicted octanol–water partition coefficient (Wildman–Crippen LogP) is -0.193. The SMILES string of the molecule is NN1CC(F)(F)C(O)C(F)(F)C1. The molecule has 0 aromatic rings. The maximum Gasteiger partial charge on any atom is 0.293 e. The Bertz CT molecular complexity index is 168. The lowest BCUT2D eigenvalue weighted by molar-refractivity contribution is -0.253. The van der Waals surface area contributed by atoms with Gasteiger partial charge < -0.3 is 5.11 Å². The zero-order chi connectivity index (χ0) is 9.57. The van der Waals surface area contributed by atoms with Crippen LogP contribution < -0.4 is 5.84 Å². The number of nitrogens with two attached hydrogens (primary N) is 1. The monoisotopic (exact) mass is 188 g/mol. The quantitative estimate of drug-likeness (QED) is 0.409. The summed E-state index contributed by atoms with van der Waals surface area (Å²) in [6.07, 6.45) is -2.94. The molecule has 0 unspecified atom stereocenters. The van der Waals surface area contributed by atoms with Crippen molar-refractivity contribution in [1.82, 2.24) is 5.01 Å². The van der Waals surface area contributed by atoms with E-state index in [1.54, 1.807) is 0 Å². The molecule has 1 rings (SSSR count). The molecule has 0 spiro atoms. The van der Waals surface area contributed by atoms with Crippen LogP contribution in [0.4, 0.5) is 17.6 Å². The molecule has 1 saturated heterocycles. The highest BCUT2D eigenvalue weighted by Crippen LogP contribution is 2.35. The number of piperidine rings is 1. The van der Waals surface area contributed by atoms with Crippen LogP contribution in [0.3, 0.4) is 0 Å². The van der Waals surface area contributed by atoms with E-state index in [9.17, 15) is 17.6 Å².